The molecule has 0 spiro atoms. The van der Waals surface area contributed by atoms with Crippen molar-refractivity contribution in [1.82, 2.24) is 25.3 Å². The summed E-state index contributed by atoms with van der Waals surface area (Å²) in [7, 11) is 1.84. The number of piperidine rings is 1. The Balaban J connectivity index is 0.00000300. The Morgan fingerprint density at radius 1 is 1.14 bits per heavy atom. The number of guanidine groups is 1. The second kappa shape index (κ2) is 12.8. The van der Waals surface area contributed by atoms with Crippen LogP contribution in [0.4, 0.5) is 0 Å². The van der Waals surface area contributed by atoms with Gasteiger partial charge in [0.2, 0.25) is 0 Å². The molecule has 0 bridgehead atoms. The van der Waals surface area contributed by atoms with Crippen molar-refractivity contribution >= 4 is 29.9 Å². The van der Waals surface area contributed by atoms with E-state index in [1.54, 1.807) is 0 Å². The van der Waals surface area contributed by atoms with E-state index < -0.39 is 0 Å². The normalized spacial score (nSPS) is 15.7. The minimum absolute atomic E-state index is 0. The number of rotatable bonds is 8. The predicted molar refractivity (Wildman–Crippen MR) is 131 cm³/mol. The van der Waals surface area contributed by atoms with Crippen LogP contribution in [0.25, 0.3) is 0 Å². The molecular weight excluding hydrogens is 475 g/mol. The Kier molecular flexibility index (Phi) is 10.5. The van der Waals surface area contributed by atoms with Gasteiger partial charge < -0.3 is 15.5 Å². The van der Waals surface area contributed by atoms with Crippen LogP contribution in [-0.4, -0.2) is 53.9 Å². The van der Waals surface area contributed by atoms with E-state index in [1.807, 2.05) is 30.2 Å². The van der Waals surface area contributed by atoms with Crippen molar-refractivity contribution in [2.45, 2.75) is 39.3 Å². The van der Waals surface area contributed by atoms with Crippen molar-refractivity contribution in [2.24, 2.45) is 10.9 Å². The Hall–Kier alpha value is -1.61. The zero-order chi connectivity index (χ0) is 19.6. The Morgan fingerprint density at radius 2 is 1.90 bits per heavy atom. The lowest BCUT2D eigenvalue weighted by Crippen LogP contribution is -2.42. The topological polar surface area (TPSA) is 57.5 Å². The van der Waals surface area contributed by atoms with Crippen molar-refractivity contribution in [3.05, 3.63) is 53.9 Å². The molecule has 6 nitrogen and oxygen atoms in total. The molecule has 2 N–H and O–H groups in total. The van der Waals surface area contributed by atoms with Crippen LogP contribution in [0.1, 0.15) is 37.3 Å². The van der Waals surface area contributed by atoms with Crippen molar-refractivity contribution < 1.29 is 0 Å². The van der Waals surface area contributed by atoms with E-state index >= 15 is 0 Å². The number of benzene rings is 1. The molecule has 0 amide bonds. The lowest BCUT2D eigenvalue weighted by Gasteiger charge is -2.32. The van der Waals surface area contributed by atoms with Crippen LogP contribution in [0.3, 0.4) is 0 Å². The summed E-state index contributed by atoms with van der Waals surface area (Å²) in [6.45, 7) is 8.49. The third-order valence-corrected chi connectivity index (χ3v) is 5.48. The average molecular weight is 510 g/mol. The number of hydrogen-bond acceptors (Lipinski definition) is 3. The largest absolute Gasteiger partial charge is 0.356 e. The molecule has 2 aromatic rings. The lowest BCUT2D eigenvalue weighted by molar-refractivity contribution is 0.185. The van der Waals surface area contributed by atoms with Crippen LogP contribution in [-0.2, 0) is 13.1 Å². The first-order valence-electron chi connectivity index (χ1n) is 10.5. The maximum absolute atomic E-state index is 4.40. The fourth-order valence-corrected chi connectivity index (χ4v) is 3.82. The number of halogens is 1. The molecule has 1 aromatic carbocycles. The number of likely N-dealkylation sites (tertiary alicyclic amines) is 1. The molecule has 1 saturated heterocycles. The average Bonchev–Trinajstić information content (AvgIpc) is 3.24. The molecule has 2 heterocycles. The summed E-state index contributed by atoms with van der Waals surface area (Å²) in [5.74, 6) is 1.61. The van der Waals surface area contributed by atoms with Gasteiger partial charge in [0.15, 0.2) is 5.96 Å². The Labute approximate surface area is 192 Å². The number of nitrogens with one attached hydrogen (secondary N) is 2. The SMILES string of the molecule is CCCN1CCC(CNC(=NC)NCc2ccccc2Cn2cccn2)CC1.I. The first-order chi connectivity index (χ1) is 13.8. The summed E-state index contributed by atoms with van der Waals surface area (Å²) < 4.78 is 1.96. The molecule has 1 aliphatic rings. The van der Waals surface area contributed by atoms with Gasteiger partial charge in [-0.25, -0.2) is 0 Å². The van der Waals surface area contributed by atoms with Gasteiger partial charge in [-0.2, -0.15) is 5.10 Å². The highest BCUT2D eigenvalue weighted by molar-refractivity contribution is 14.0. The van der Waals surface area contributed by atoms with Gasteiger partial charge in [-0.1, -0.05) is 31.2 Å². The highest BCUT2D eigenvalue weighted by Gasteiger charge is 2.18. The number of hydrogen-bond donors (Lipinski definition) is 2. The van der Waals surface area contributed by atoms with E-state index in [-0.39, 0.29) is 24.0 Å². The summed E-state index contributed by atoms with van der Waals surface area (Å²) in [5, 5.41) is 11.3. The molecule has 1 aromatic heterocycles. The van der Waals surface area contributed by atoms with Gasteiger partial charge in [-0.3, -0.25) is 9.67 Å². The molecule has 1 aliphatic heterocycles. The Bertz CT molecular complexity index is 723. The minimum Gasteiger partial charge on any atom is -0.356 e. The third-order valence-electron chi connectivity index (χ3n) is 5.48. The fourth-order valence-electron chi connectivity index (χ4n) is 3.82. The molecular formula is C22H35IN6. The number of nitrogens with zero attached hydrogens (tertiary/aromatic N) is 4. The maximum atomic E-state index is 4.40. The third kappa shape index (κ3) is 7.62. The van der Waals surface area contributed by atoms with Crippen LogP contribution < -0.4 is 10.6 Å². The summed E-state index contributed by atoms with van der Waals surface area (Å²) in [5.41, 5.74) is 2.55. The molecule has 0 unspecified atom stereocenters. The summed E-state index contributed by atoms with van der Waals surface area (Å²) in [4.78, 5) is 6.99. The first-order valence-corrected chi connectivity index (χ1v) is 10.5. The molecule has 29 heavy (non-hydrogen) atoms. The van der Waals surface area contributed by atoms with Gasteiger partial charge in [0, 0.05) is 32.5 Å². The monoisotopic (exact) mass is 510 g/mol. The molecule has 3 rings (SSSR count). The minimum atomic E-state index is 0. The Morgan fingerprint density at radius 3 is 2.55 bits per heavy atom. The van der Waals surface area contributed by atoms with Crippen LogP contribution >= 0.6 is 24.0 Å². The fraction of sp³-hybridized carbons (Fsp3) is 0.545. The first kappa shape index (κ1) is 23.7. The van der Waals surface area contributed by atoms with Gasteiger partial charge in [-0.15, -0.1) is 24.0 Å². The van der Waals surface area contributed by atoms with Crippen molar-refractivity contribution in [1.29, 1.82) is 0 Å². The zero-order valence-corrected chi connectivity index (χ0v) is 20.0. The molecule has 0 aliphatic carbocycles. The van der Waals surface area contributed by atoms with Crippen molar-refractivity contribution in [3.8, 4) is 0 Å². The molecule has 160 valence electrons. The maximum Gasteiger partial charge on any atom is 0.191 e. The second-order valence-corrected chi connectivity index (χ2v) is 7.56. The molecule has 0 radical (unpaired) electrons. The molecule has 0 atom stereocenters. The number of aromatic nitrogens is 2. The van der Waals surface area contributed by atoms with Crippen molar-refractivity contribution in [2.75, 3.05) is 33.2 Å². The molecule has 0 saturated carbocycles. The van der Waals surface area contributed by atoms with E-state index in [1.165, 1.54) is 50.0 Å². The van der Waals surface area contributed by atoms with E-state index in [4.69, 9.17) is 0 Å². The standard InChI is InChI=1S/C22H34N6.HI/c1-3-12-27-14-9-19(10-15-27)16-24-22(23-2)25-17-20-7-4-5-8-21(20)18-28-13-6-11-26-28;/h4-8,11,13,19H,3,9-10,12,14-18H2,1-2H3,(H2,23,24,25);1H. The second-order valence-electron chi connectivity index (χ2n) is 7.56. The highest BCUT2D eigenvalue weighted by atomic mass is 127. The zero-order valence-electron chi connectivity index (χ0n) is 17.7. The molecule has 7 heteroatoms. The summed E-state index contributed by atoms with van der Waals surface area (Å²) >= 11 is 0. The molecule has 1 fully saturated rings. The van der Waals surface area contributed by atoms with E-state index in [0.717, 1.165) is 31.5 Å². The van der Waals surface area contributed by atoms with Crippen LogP contribution in [0.2, 0.25) is 0 Å². The summed E-state index contributed by atoms with van der Waals surface area (Å²) in [6, 6.07) is 10.5. The van der Waals surface area contributed by atoms with Crippen LogP contribution in [0.5, 0.6) is 0 Å². The van der Waals surface area contributed by atoms with Gasteiger partial charge >= 0.3 is 0 Å². The van der Waals surface area contributed by atoms with E-state index in [2.05, 4.69) is 56.8 Å². The van der Waals surface area contributed by atoms with Crippen LogP contribution in [0, 0.1) is 5.92 Å². The quantitative estimate of drug-likeness (QED) is 0.325. The number of aliphatic imine (C=N–C) groups is 1. The van der Waals surface area contributed by atoms with Crippen LogP contribution in [0.15, 0.2) is 47.7 Å². The van der Waals surface area contributed by atoms with Gasteiger partial charge in [0.05, 0.1) is 6.54 Å². The van der Waals surface area contributed by atoms with Crippen molar-refractivity contribution in [3.63, 3.8) is 0 Å². The van der Waals surface area contributed by atoms with E-state index in [0.29, 0.717) is 0 Å². The van der Waals surface area contributed by atoms with Gasteiger partial charge in [0.1, 0.15) is 0 Å². The van der Waals surface area contributed by atoms with E-state index in [9.17, 15) is 0 Å². The highest BCUT2D eigenvalue weighted by Crippen LogP contribution is 2.16. The predicted octanol–water partition coefficient (Wildman–Crippen LogP) is 3.34. The smallest absolute Gasteiger partial charge is 0.191 e. The van der Waals surface area contributed by atoms with Gasteiger partial charge in [-0.05, 0) is 62.0 Å². The summed E-state index contributed by atoms with van der Waals surface area (Å²) in [6.07, 6.45) is 7.62. The lowest BCUT2D eigenvalue weighted by atomic mass is 9.97. The van der Waals surface area contributed by atoms with Gasteiger partial charge in [0.25, 0.3) is 0 Å².